The summed E-state index contributed by atoms with van der Waals surface area (Å²) in [5, 5.41) is 0. The maximum Gasteiger partial charge on any atom is 0.397 e. The maximum absolute atomic E-state index is 14.0. The Bertz CT molecular complexity index is 332. The molecular formula is C14H19F7. The van der Waals surface area contributed by atoms with Gasteiger partial charge in [0.05, 0.1) is 0 Å². The topological polar surface area (TPSA) is 0 Å². The molecule has 2 rings (SSSR count). The molecule has 21 heavy (non-hydrogen) atoms. The Kier molecular flexibility index (Phi) is 4.78. The van der Waals surface area contributed by atoms with Crippen LogP contribution in [0.2, 0.25) is 0 Å². The second-order valence-corrected chi connectivity index (χ2v) is 6.52. The van der Waals surface area contributed by atoms with Crippen molar-refractivity contribution in [3.05, 3.63) is 0 Å². The van der Waals surface area contributed by atoms with Gasteiger partial charge in [0.2, 0.25) is 0 Å². The zero-order valence-corrected chi connectivity index (χ0v) is 11.6. The van der Waals surface area contributed by atoms with E-state index in [0.29, 0.717) is 0 Å². The molecule has 2 aliphatic rings. The van der Waals surface area contributed by atoms with Gasteiger partial charge in [0.1, 0.15) is 30.6 Å². The van der Waals surface area contributed by atoms with Gasteiger partial charge >= 0.3 is 6.18 Å². The molecule has 0 saturated heterocycles. The van der Waals surface area contributed by atoms with Crippen LogP contribution in [-0.2, 0) is 0 Å². The SMILES string of the molecule is CC1CC(F)C(C2CC(F)C(C(F)(F)F)C(F)C2)C(F)C1. The van der Waals surface area contributed by atoms with E-state index in [1.807, 2.05) is 0 Å². The zero-order valence-electron chi connectivity index (χ0n) is 11.6. The highest BCUT2D eigenvalue weighted by Gasteiger charge is 2.56. The summed E-state index contributed by atoms with van der Waals surface area (Å²) >= 11 is 0. The lowest BCUT2D eigenvalue weighted by Crippen LogP contribution is -2.49. The average molecular weight is 320 g/mol. The number of hydrogen-bond acceptors (Lipinski definition) is 0. The van der Waals surface area contributed by atoms with Crippen molar-refractivity contribution in [3.8, 4) is 0 Å². The molecule has 0 spiro atoms. The summed E-state index contributed by atoms with van der Waals surface area (Å²) in [5.74, 6) is -5.04. The van der Waals surface area contributed by atoms with Crippen LogP contribution < -0.4 is 0 Å². The average Bonchev–Trinajstić information content (AvgIpc) is 2.23. The van der Waals surface area contributed by atoms with Gasteiger partial charge in [-0.05, 0) is 37.5 Å². The van der Waals surface area contributed by atoms with Crippen LogP contribution in [0.4, 0.5) is 30.7 Å². The van der Waals surface area contributed by atoms with Crippen LogP contribution >= 0.6 is 0 Å². The van der Waals surface area contributed by atoms with Crippen LogP contribution in [0.1, 0.15) is 32.6 Å². The molecule has 0 amide bonds. The summed E-state index contributed by atoms with van der Waals surface area (Å²) < 4.78 is 93.2. The van der Waals surface area contributed by atoms with E-state index in [1.165, 1.54) is 0 Å². The molecule has 0 aliphatic heterocycles. The molecule has 4 atom stereocenters. The molecule has 0 radical (unpaired) electrons. The lowest BCUT2D eigenvalue weighted by Gasteiger charge is -2.43. The number of rotatable bonds is 1. The molecule has 2 aliphatic carbocycles. The van der Waals surface area contributed by atoms with Gasteiger partial charge in [0, 0.05) is 5.92 Å². The Morgan fingerprint density at radius 1 is 0.714 bits per heavy atom. The molecular weight excluding hydrogens is 301 g/mol. The monoisotopic (exact) mass is 320 g/mol. The zero-order chi connectivity index (χ0) is 15.9. The molecule has 0 aromatic heterocycles. The van der Waals surface area contributed by atoms with Crippen molar-refractivity contribution < 1.29 is 30.7 Å². The standard InChI is InChI=1S/C14H19F7/c1-6-2-8(15)12(9(16)3-6)7-4-10(17)13(11(18)5-7)14(19,20)21/h6-13H,2-5H2,1H3. The molecule has 0 N–H and O–H groups in total. The van der Waals surface area contributed by atoms with Crippen LogP contribution in [-0.4, -0.2) is 30.9 Å². The van der Waals surface area contributed by atoms with Gasteiger partial charge in [-0.1, -0.05) is 6.92 Å². The maximum atomic E-state index is 14.0. The first-order chi connectivity index (χ1) is 9.61. The third-order valence-corrected chi connectivity index (χ3v) is 4.85. The number of alkyl halides is 7. The van der Waals surface area contributed by atoms with E-state index in [2.05, 4.69) is 0 Å². The molecule has 7 heteroatoms. The first kappa shape index (κ1) is 16.9. The summed E-state index contributed by atoms with van der Waals surface area (Å²) in [5.41, 5.74) is 0. The summed E-state index contributed by atoms with van der Waals surface area (Å²) in [6, 6.07) is 0. The van der Waals surface area contributed by atoms with Gasteiger partial charge < -0.3 is 0 Å². The molecule has 124 valence electrons. The van der Waals surface area contributed by atoms with Crippen LogP contribution in [0.15, 0.2) is 0 Å². The fourth-order valence-electron chi connectivity index (χ4n) is 3.92. The molecule has 2 fully saturated rings. The predicted octanol–water partition coefficient (Wildman–Crippen LogP) is 4.97. The van der Waals surface area contributed by atoms with E-state index in [0.717, 1.165) is 0 Å². The number of hydrogen-bond donors (Lipinski definition) is 0. The Labute approximate surface area is 119 Å². The normalized spacial score (nSPS) is 49.1. The van der Waals surface area contributed by atoms with Crippen molar-refractivity contribution in [2.45, 2.75) is 63.5 Å². The van der Waals surface area contributed by atoms with Gasteiger partial charge in [-0.3, -0.25) is 0 Å². The van der Waals surface area contributed by atoms with Crippen molar-refractivity contribution in [2.24, 2.45) is 23.7 Å². The highest BCUT2D eigenvalue weighted by molar-refractivity contribution is 4.97. The molecule has 0 aromatic rings. The second kappa shape index (κ2) is 5.95. The first-order valence-electron chi connectivity index (χ1n) is 7.24. The summed E-state index contributed by atoms with van der Waals surface area (Å²) in [6.07, 6.45) is -14.0. The van der Waals surface area contributed by atoms with E-state index >= 15 is 0 Å². The Morgan fingerprint density at radius 2 is 1.14 bits per heavy atom. The van der Waals surface area contributed by atoms with E-state index in [4.69, 9.17) is 0 Å². The third kappa shape index (κ3) is 3.47. The van der Waals surface area contributed by atoms with Crippen molar-refractivity contribution in [1.82, 2.24) is 0 Å². The fourth-order valence-corrected chi connectivity index (χ4v) is 3.92. The fraction of sp³-hybridized carbons (Fsp3) is 1.00. The summed E-state index contributed by atoms with van der Waals surface area (Å²) in [7, 11) is 0. The minimum Gasteiger partial charge on any atom is -0.247 e. The summed E-state index contributed by atoms with van der Waals surface area (Å²) in [6.45, 7) is 1.69. The van der Waals surface area contributed by atoms with Gasteiger partial charge in [-0.25, -0.2) is 17.6 Å². The van der Waals surface area contributed by atoms with E-state index in [-0.39, 0.29) is 18.8 Å². The highest BCUT2D eigenvalue weighted by atomic mass is 19.4. The lowest BCUT2D eigenvalue weighted by atomic mass is 9.66. The molecule has 0 bridgehead atoms. The smallest absolute Gasteiger partial charge is 0.247 e. The minimum atomic E-state index is -4.96. The van der Waals surface area contributed by atoms with Gasteiger partial charge in [0.15, 0.2) is 0 Å². The van der Waals surface area contributed by atoms with E-state index in [9.17, 15) is 30.7 Å². The molecule has 0 nitrogen and oxygen atoms in total. The second-order valence-electron chi connectivity index (χ2n) is 6.52. The molecule has 0 aromatic carbocycles. The van der Waals surface area contributed by atoms with Crippen molar-refractivity contribution in [2.75, 3.05) is 0 Å². The van der Waals surface area contributed by atoms with Crippen LogP contribution in [0.3, 0.4) is 0 Å². The third-order valence-electron chi connectivity index (χ3n) is 4.85. The van der Waals surface area contributed by atoms with Crippen LogP contribution in [0.5, 0.6) is 0 Å². The van der Waals surface area contributed by atoms with Crippen molar-refractivity contribution >= 4 is 0 Å². The minimum absolute atomic E-state index is 0.0954. The molecule has 2 saturated carbocycles. The summed E-state index contributed by atoms with van der Waals surface area (Å²) in [4.78, 5) is 0. The Balaban J connectivity index is 2.10. The lowest BCUT2D eigenvalue weighted by molar-refractivity contribution is -0.222. The molecule has 4 unspecified atom stereocenters. The van der Waals surface area contributed by atoms with Gasteiger partial charge in [0.25, 0.3) is 0 Å². The first-order valence-corrected chi connectivity index (χ1v) is 7.24. The van der Waals surface area contributed by atoms with Crippen LogP contribution in [0.25, 0.3) is 0 Å². The highest BCUT2D eigenvalue weighted by Crippen LogP contribution is 2.48. The quantitative estimate of drug-likeness (QED) is 0.598. The van der Waals surface area contributed by atoms with Crippen molar-refractivity contribution in [3.63, 3.8) is 0 Å². The Hall–Kier alpha value is -0.490. The Morgan fingerprint density at radius 3 is 1.52 bits per heavy atom. The predicted molar refractivity (Wildman–Crippen MR) is 63.7 cm³/mol. The van der Waals surface area contributed by atoms with Gasteiger partial charge in [-0.15, -0.1) is 0 Å². The van der Waals surface area contributed by atoms with E-state index < -0.39 is 61.5 Å². The number of halogens is 7. The largest absolute Gasteiger partial charge is 0.397 e. The van der Waals surface area contributed by atoms with Crippen LogP contribution in [0, 0.1) is 23.7 Å². The van der Waals surface area contributed by atoms with E-state index in [1.54, 1.807) is 6.92 Å². The van der Waals surface area contributed by atoms with Gasteiger partial charge in [-0.2, -0.15) is 13.2 Å². The molecule has 0 heterocycles. The van der Waals surface area contributed by atoms with Crippen molar-refractivity contribution in [1.29, 1.82) is 0 Å².